The summed E-state index contributed by atoms with van der Waals surface area (Å²) in [4.78, 5) is 17.3. The highest BCUT2D eigenvalue weighted by atomic mass is 79.9. The molecule has 1 saturated heterocycles. The number of aromatic nitrogens is 1. The summed E-state index contributed by atoms with van der Waals surface area (Å²) in [5, 5.41) is 1.14. The zero-order valence-corrected chi connectivity index (χ0v) is 11.9. The van der Waals surface area contributed by atoms with E-state index in [2.05, 4.69) is 20.9 Å². The second kappa shape index (κ2) is 5.00. The summed E-state index contributed by atoms with van der Waals surface area (Å²) < 4.78 is 0. The highest BCUT2D eigenvalue weighted by molar-refractivity contribution is 9.09. The third kappa shape index (κ3) is 2.51. The second-order valence-electron chi connectivity index (χ2n) is 3.90. The molecule has 1 aromatic rings. The van der Waals surface area contributed by atoms with Crippen LogP contribution in [-0.4, -0.2) is 22.8 Å². The molecule has 1 aliphatic rings. The Morgan fingerprint density at radius 2 is 2.29 bits per heavy atom. The van der Waals surface area contributed by atoms with E-state index in [1.54, 1.807) is 11.0 Å². The first-order valence-electron chi connectivity index (χ1n) is 5.00. The van der Waals surface area contributed by atoms with Gasteiger partial charge in [0.1, 0.15) is 5.15 Å². The fraction of sp³-hybridized carbons (Fsp3) is 0.400. The van der Waals surface area contributed by atoms with E-state index in [-0.39, 0.29) is 22.1 Å². The molecule has 1 amide bonds. The van der Waals surface area contributed by atoms with Gasteiger partial charge in [-0.1, -0.05) is 39.1 Å². The van der Waals surface area contributed by atoms with E-state index >= 15 is 0 Å². The van der Waals surface area contributed by atoms with Gasteiger partial charge in [-0.15, -0.1) is 0 Å². The predicted molar refractivity (Wildman–Crippen MR) is 72.9 cm³/mol. The Bertz CT molecular complexity index is 469. The van der Waals surface area contributed by atoms with E-state index in [1.165, 1.54) is 0 Å². The molecule has 0 saturated carbocycles. The fourth-order valence-corrected chi connectivity index (χ4v) is 2.68. The van der Waals surface area contributed by atoms with Crippen molar-refractivity contribution in [3.8, 4) is 0 Å². The summed E-state index contributed by atoms with van der Waals surface area (Å²) >= 11 is 15.0. The molecule has 4 nitrogen and oxygen atoms in total. The molecule has 1 fully saturated rings. The molecule has 7 heteroatoms. The van der Waals surface area contributed by atoms with E-state index in [0.717, 1.165) is 5.33 Å². The molecule has 1 unspecified atom stereocenters. The Labute approximate surface area is 117 Å². The van der Waals surface area contributed by atoms with Crippen LogP contribution in [0.5, 0.6) is 0 Å². The molecule has 0 aliphatic carbocycles. The quantitative estimate of drug-likeness (QED) is 0.666. The first-order valence-corrected chi connectivity index (χ1v) is 6.88. The van der Waals surface area contributed by atoms with Crippen molar-refractivity contribution in [3.05, 3.63) is 16.4 Å². The number of nitrogens with two attached hydrogens (primary N) is 1. The largest absolute Gasteiger partial charge is 0.395 e. The van der Waals surface area contributed by atoms with Crippen LogP contribution in [0.3, 0.4) is 0 Å². The molecule has 0 aromatic carbocycles. The Kier molecular flexibility index (Phi) is 3.80. The number of hydrogen-bond donors (Lipinski definition) is 1. The maximum atomic E-state index is 11.9. The van der Waals surface area contributed by atoms with Crippen LogP contribution in [0.2, 0.25) is 10.3 Å². The second-order valence-corrected chi connectivity index (χ2v) is 5.29. The SMILES string of the molecule is Nc1c(N2CC(CBr)CC2=O)cc(Cl)nc1Cl. The minimum atomic E-state index is 0.0273. The normalized spacial score (nSPS) is 20.1. The number of nitrogens with zero attached hydrogens (tertiary/aromatic N) is 2. The first-order chi connectivity index (χ1) is 8.02. The number of rotatable bonds is 2. The lowest BCUT2D eigenvalue weighted by atomic mass is 10.2. The van der Waals surface area contributed by atoms with Gasteiger partial charge in [0.25, 0.3) is 0 Å². The van der Waals surface area contributed by atoms with Gasteiger partial charge in [0.15, 0.2) is 5.15 Å². The van der Waals surface area contributed by atoms with Gasteiger partial charge in [-0.05, 0) is 5.92 Å². The molecule has 0 radical (unpaired) electrons. The van der Waals surface area contributed by atoms with Crippen molar-refractivity contribution in [1.82, 2.24) is 4.98 Å². The van der Waals surface area contributed by atoms with Crippen LogP contribution in [0, 0.1) is 5.92 Å². The van der Waals surface area contributed by atoms with Crippen molar-refractivity contribution in [2.24, 2.45) is 5.92 Å². The number of carbonyl (C=O) groups is 1. The summed E-state index contributed by atoms with van der Waals surface area (Å²) in [6.07, 6.45) is 0.502. The first kappa shape index (κ1) is 12.9. The van der Waals surface area contributed by atoms with E-state index < -0.39 is 0 Å². The van der Waals surface area contributed by atoms with Gasteiger partial charge in [0.2, 0.25) is 5.91 Å². The molecule has 92 valence electrons. The van der Waals surface area contributed by atoms with E-state index in [9.17, 15) is 4.79 Å². The van der Waals surface area contributed by atoms with Gasteiger partial charge < -0.3 is 10.6 Å². The Morgan fingerprint density at radius 3 is 2.88 bits per heavy atom. The zero-order valence-electron chi connectivity index (χ0n) is 8.79. The van der Waals surface area contributed by atoms with Crippen LogP contribution in [-0.2, 0) is 4.79 Å². The van der Waals surface area contributed by atoms with Crippen molar-refractivity contribution >= 4 is 56.4 Å². The lowest BCUT2D eigenvalue weighted by molar-refractivity contribution is -0.117. The van der Waals surface area contributed by atoms with Crippen LogP contribution >= 0.6 is 39.1 Å². The van der Waals surface area contributed by atoms with Crippen molar-refractivity contribution in [3.63, 3.8) is 0 Å². The third-order valence-electron chi connectivity index (χ3n) is 2.67. The fourth-order valence-electron chi connectivity index (χ4n) is 1.82. The van der Waals surface area contributed by atoms with Crippen molar-refractivity contribution in [1.29, 1.82) is 0 Å². The minimum Gasteiger partial charge on any atom is -0.395 e. The topological polar surface area (TPSA) is 59.2 Å². The van der Waals surface area contributed by atoms with Gasteiger partial charge in [0.05, 0.1) is 11.4 Å². The number of halogens is 3. The molecule has 1 aromatic heterocycles. The molecular formula is C10H10BrCl2N3O. The van der Waals surface area contributed by atoms with Gasteiger partial charge >= 0.3 is 0 Å². The smallest absolute Gasteiger partial charge is 0.227 e. The van der Waals surface area contributed by atoms with E-state index in [0.29, 0.717) is 24.3 Å². The monoisotopic (exact) mass is 337 g/mol. The summed E-state index contributed by atoms with van der Waals surface area (Å²) in [5.74, 6) is 0.312. The summed E-state index contributed by atoms with van der Waals surface area (Å²) in [7, 11) is 0. The Balaban J connectivity index is 2.38. The Hall–Kier alpha value is -0.520. The van der Waals surface area contributed by atoms with Crippen molar-refractivity contribution in [2.75, 3.05) is 22.5 Å². The number of alkyl halides is 1. The summed E-state index contributed by atoms with van der Waals surface area (Å²) in [6.45, 7) is 0.616. The molecule has 2 N–H and O–H groups in total. The van der Waals surface area contributed by atoms with Gasteiger partial charge in [-0.25, -0.2) is 4.98 Å². The highest BCUT2D eigenvalue weighted by Crippen LogP contribution is 2.35. The average molecular weight is 339 g/mol. The maximum Gasteiger partial charge on any atom is 0.227 e. The van der Waals surface area contributed by atoms with Crippen LogP contribution in [0.1, 0.15) is 6.42 Å². The van der Waals surface area contributed by atoms with Crippen LogP contribution in [0.15, 0.2) is 6.07 Å². The number of anilines is 2. The van der Waals surface area contributed by atoms with Crippen molar-refractivity contribution < 1.29 is 4.79 Å². The molecule has 2 heterocycles. The summed E-state index contributed by atoms with van der Waals surface area (Å²) in [6, 6.07) is 1.57. The lowest BCUT2D eigenvalue weighted by Gasteiger charge is -2.19. The van der Waals surface area contributed by atoms with Crippen LogP contribution in [0.4, 0.5) is 11.4 Å². The highest BCUT2D eigenvalue weighted by Gasteiger charge is 2.31. The Morgan fingerprint density at radius 1 is 1.59 bits per heavy atom. The van der Waals surface area contributed by atoms with E-state index in [1.807, 2.05) is 0 Å². The van der Waals surface area contributed by atoms with Gasteiger partial charge in [-0.2, -0.15) is 0 Å². The third-order valence-corrected chi connectivity index (χ3v) is 4.07. The molecule has 0 bridgehead atoms. The molecule has 1 atom stereocenters. The van der Waals surface area contributed by atoms with Crippen molar-refractivity contribution in [2.45, 2.75) is 6.42 Å². The zero-order chi connectivity index (χ0) is 12.6. The predicted octanol–water partition coefficient (Wildman–Crippen LogP) is 2.72. The number of pyridine rings is 1. The molecule has 0 spiro atoms. The minimum absolute atomic E-state index is 0.0273. The molecule has 2 rings (SSSR count). The molecule has 17 heavy (non-hydrogen) atoms. The van der Waals surface area contributed by atoms with Gasteiger partial charge in [0, 0.05) is 24.4 Å². The maximum absolute atomic E-state index is 11.9. The average Bonchev–Trinajstić information content (AvgIpc) is 2.65. The number of carbonyl (C=O) groups excluding carboxylic acids is 1. The number of hydrogen-bond acceptors (Lipinski definition) is 3. The van der Waals surface area contributed by atoms with Gasteiger partial charge in [-0.3, -0.25) is 4.79 Å². The van der Waals surface area contributed by atoms with Crippen LogP contribution in [0.25, 0.3) is 0 Å². The molecule has 1 aliphatic heterocycles. The lowest BCUT2D eigenvalue weighted by Crippen LogP contribution is -2.25. The number of amides is 1. The van der Waals surface area contributed by atoms with E-state index in [4.69, 9.17) is 28.9 Å². The molecular weight excluding hydrogens is 329 g/mol. The van der Waals surface area contributed by atoms with Crippen LogP contribution < -0.4 is 10.6 Å². The standard InChI is InChI=1S/C10H10BrCl2N3O/c11-3-5-1-8(17)16(4-5)6-2-7(12)15-10(13)9(6)14/h2,5H,1,3-4,14H2. The summed E-state index contributed by atoms with van der Waals surface area (Å²) in [5.41, 5.74) is 6.66. The number of nitrogen functional groups attached to an aromatic ring is 1.